The van der Waals surface area contributed by atoms with Gasteiger partial charge in [0.15, 0.2) is 0 Å². The topological polar surface area (TPSA) is 0 Å². The van der Waals surface area contributed by atoms with Crippen LogP contribution in [0.5, 0.6) is 0 Å². The van der Waals surface area contributed by atoms with Crippen LogP contribution in [0.15, 0.2) is 121 Å². The molecule has 0 aliphatic heterocycles. The first kappa shape index (κ1) is 21.2. The molecule has 0 bridgehead atoms. The standard InChI is InChI=1S/C24H21P.2ClH/c1-5-13-21(14-6-1)25(22-15-7-2-8-16-22,23-17-9-3-10-18-23)24-19-11-4-12-20-24;;/h1-20,25H;2*1H. The summed E-state index contributed by atoms with van der Waals surface area (Å²) in [5.74, 6) is 0. The van der Waals surface area contributed by atoms with Gasteiger partial charge in [0, 0.05) is 0 Å². The molecule has 0 aliphatic carbocycles. The summed E-state index contributed by atoms with van der Waals surface area (Å²) in [6, 6.07) is 44.0. The molecule has 4 aromatic carbocycles. The molecule has 27 heavy (non-hydrogen) atoms. The molecule has 0 radical (unpaired) electrons. The molecule has 138 valence electrons. The van der Waals surface area contributed by atoms with Gasteiger partial charge in [-0.1, -0.05) is 0 Å². The zero-order valence-corrected chi connectivity index (χ0v) is 17.5. The third kappa shape index (κ3) is 3.94. The fourth-order valence-electron chi connectivity index (χ4n) is 3.75. The molecule has 3 heteroatoms. The van der Waals surface area contributed by atoms with Gasteiger partial charge in [-0.05, 0) is 0 Å². The van der Waals surface area contributed by atoms with Crippen LogP contribution in [0.25, 0.3) is 0 Å². The van der Waals surface area contributed by atoms with Crippen molar-refractivity contribution in [2.24, 2.45) is 0 Å². The summed E-state index contributed by atoms with van der Waals surface area (Å²) in [5.41, 5.74) is 0. The zero-order valence-electron chi connectivity index (χ0n) is 14.9. The third-order valence-electron chi connectivity index (χ3n) is 4.83. The van der Waals surface area contributed by atoms with Crippen LogP contribution in [0.4, 0.5) is 0 Å². The van der Waals surface area contributed by atoms with Crippen molar-refractivity contribution in [3.05, 3.63) is 121 Å². The van der Waals surface area contributed by atoms with Crippen molar-refractivity contribution in [1.82, 2.24) is 0 Å². The van der Waals surface area contributed by atoms with E-state index in [0.29, 0.717) is 0 Å². The van der Waals surface area contributed by atoms with E-state index in [0.717, 1.165) is 0 Å². The molecule has 0 atom stereocenters. The first-order chi connectivity index (χ1) is 12.4. The Kier molecular flexibility index (Phi) is 7.63. The van der Waals surface area contributed by atoms with Gasteiger partial charge in [-0.2, -0.15) is 0 Å². The monoisotopic (exact) mass is 412 g/mol. The normalized spacial score (nSPS) is 11.0. The maximum atomic E-state index is 2.29. The first-order valence-electron chi connectivity index (χ1n) is 8.64. The first-order valence-corrected chi connectivity index (χ1v) is 10.6. The Morgan fingerprint density at radius 3 is 0.667 bits per heavy atom. The third-order valence-corrected chi connectivity index (χ3v) is 9.62. The van der Waals surface area contributed by atoms with Crippen molar-refractivity contribution in [3.8, 4) is 0 Å². The van der Waals surface area contributed by atoms with Crippen molar-refractivity contribution in [1.29, 1.82) is 0 Å². The maximum absolute atomic E-state index is 2.30. The van der Waals surface area contributed by atoms with Crippen LogP contribution < -0.4 is 21.2 Å². The van der Waals surface area contributed by atoms with Crippen molar-refractivity contribution in [3.63, 3.8) is 0 Å². The van der Waals surface area contributed by atoms with E-state index in [2.05, 4.69) is 121 Å². The second-order valence-corrected chi connectivity index (χ2v) is 10.0. The van der Waals surface area contributed by atoms with Gasteiger partial charge in [-0.15, -0.1) is 24.8 Å². The summed E-state index contributed by atoms with van der Waals surface area (Å²) in [6.45, 7) is 0. The van der Waals surface area contributed by atoms with E-state index >= 15 is 0 Å². The van der Waals surface area contributed by atoms with Crippen molar-refractivity contribution in [2.45, 2.75) is 0 Å². The summed E-state index contributed by atoms with van der Waals surface area (Å²) in [7, 11) is -2.30. The molecule has 0 heterocycles. The number of hydrogen-bond acceptors (Lipinski definition) is 0. The van der Waals surface area contributed by atoms with Gasteiger partial charge >= 0.3 is 150 Å². The predicted octanol–water partition coefficient (Wildman–Crippen LogP) is 4.88. The van der Waals surface area contributed by atoms with E-state index < -0.39 is 7.26 Å². The summed E-state index contributed by atoms with van der Waals surface area (Å²) < 4.78 is 0. The molecule has 0 fully saturated rings. The fourth-order valence-corrected chi connectivity index (χ4v) is 8.52. The van der Waals surface area contributed by atoms with E-state index in [1.807, 2.05) is 0 Å². The molecule has 0 amide bonds. The minimum absolute atomic E-state index is 0. The van der Waals surface area contributed by atoms with E-state index in [4.69, 9.17) is 0 Å². The Morgan fingerprint density at radius 2 is 0.481 bits per heavy atom. The number of rotatable bonds is 4. The Hall–Kier alpha value is -2.11. The number of halogens is 2. The van der Waals surface area contributed by atoms with Crippen LogP contribution in [0.3, 0.4) is 0 Å². The van der Waals surface area contributed by atoms with E-state index in [9.17, 15) is 0 Å². The van der Waals surface area contributed by atoms with Crippen LogP contribution in [0.1, 0.15) is 0 Å². The van der Waals surface area contributed by atoms with Crippen LogP contribution in [-0.2, 0) is 0 Å². The molecule has 0 saturated carbocycles. The zero-order chi connectivity index (χ0) is 17.0. The summed E-state index contributed by atoms with van der Waals surface area (Å²) >= 11 is 0. The van der Waals surface area contributed by atoms with Crippen molar-refractivity contribution < 1.29 is 0 Å². The molecule has 0 nitrogen and oxygen atoms in total. The van der Waals surface area contributed by atoms with Crippen molar-refractivity contribution >= 4 is 53.3 Å². The average Bonchev–Trinajstić information content (AvgIpc) is 2.72. The molecule has 0 N–H and O–H groups in total. The molecule has 4 rings (SSSR count). The van der Waals surface area contributed by atoms with Gasteiger partial charge < -0.3 is 0 Å². The Bertz CT molecular complexity index is 763. The van der Waals surface area contributed by atoms with Crippen molar-refractivity contribution in [2.75, 3.05) is 0 Å². The van der Waals surface area contributed by atoms with Gasteiger partial charge in [0.25, 0.3) is 0 Å². The number of hydrogen-bond donors (Lipinski definition) is 0. The van der Waals surface area contributed by atoms with Crippen LogP contribution >= 0.6 is 32.1 Å². The quantitative estimate of drug-likeness (QED) is 0.419. The van der Waals surface area contributed by atoms with Crippen LogP contribution in [0.2, 0.25) is 0 Å². The predicted molar refractivity (Wildman–Crippen MR) is 127 cm³/mol. The molecular weight excluding hydrogens is 390 g/mol. The molecule has 0 aromatic heterocycles. The van der Waals surface area contributed by atoms with E-state index in [1.54, 1.807) is 0 Å². The molecule has 0 saturated heterocycles. The Balaban J connectivity index is 0.00000131. The molecule has 4 aromatic rings. The van der Waals surface area contributed by atoms with Gasteiger partial charge in [-0.3, -0.25) is 0 Å². The molecular formula is C24H23Cl2P. The molecule has 0 aliphatic rings. The second-order valence-electron chi connectivity index (χ2n) is 6.21. The van der Waals surface area contributed by atoms with Gasteiger partial charge in [0.05, 0.1) is 0 Å². The van der Waals surface area contributed by atoms with Gasteiger partial charge in [0.1, 0.15) is 0 Å². The average molecular weight is 413 g/mol. The Labute approximate surface area is 174 Å². The SMILES string of the molecule is Cl.Cl.c1ccc([PH](c2ccccc2)(c2ccccc2)c2ccccc2)cc1. The summed E-state index contributed by atoms with van der Waals surface area (Å²) in [6.07, 6.45) is 0. The van der Waals surface area contributed by atoms with Crippen LogP contribution in [0, 0.1) is 0 Å². The van der Waals surface area contributed by atoms with Crippen LogP contribution in [-0.4, -0.2) is 0 Å². The van der Waals surface area contributed by atoms with E-state index in [-0.39, 0.29) is 24.8 Å². The number of benzene rings is 4. The van der Waals surface area contributed by atoms with Gasteiger partial charge in [0.2, 0.25) is 0 Å². The Morgan fingerprint density at radius 1 is 0.296 bits per heavy atom. The fraction of sp³-hybridized carbons (Fsp3) is 0. The van der Waals surface area contributed by atoms with Gasteiger partial charge in [-0.25, -0.2) is 0 Å². The van der Waals surface area contributed by atoms with E-state index in [1.165, 1.54) is 21.2 Å². The summed E-state index contributed by atoms with van der Waals surface area (Å²) in [5, 5.41) is 5.66. The minimum atomic E-state index is -2.30. The molecule has 0 unspecified atom stereocenters. The summed E-state index contributed by atoms with van der Waals surface area (Å²) in [4.78, 5) is 0. The molecule has 0 spiro atoms. The second kappa shape index (κ2) is 9.72.